The maximum Gasteiger partial charge on any atom is 0.335 e. The van der Waals surface area contributed by atoms with Crippen molar-refractivity contribution in [3.63, 3.8) is 0 Å². The van der Waals surface area contributed by atoms with Gasteiger partial charge in [-0.1, -0.05) is 0 Å². The van der Waals surface area contributed by atoms with E-state index in [1.807, 2.05) is 0 Å². The van der Waals surface area contributed by atoms with Gasteiger partial charge in [-0.3, -0.25) is 4.90 Å². The molecule has 0 aliphatic heterocycles. The predicted octanol–water partition coefficient (Wildman–Crippen LogP) is 2.22. The highest BCUT2D eigenvalue weighted by Gasteiger charge is 2.12. The second-order valence-electron chi connectivity index (χ2n) is 3.70. The summed E-state index contributed by atoms with van der Waals surface area (Å²) in [5, 5.41) is 8.72. The van der Waals surface area contributed by atoms with E-state index in [1.54, 1.807) is 0 Å². The molecule has 17 heavy (non-hydrogen) atoms. The fourth-order valence-corrected chi connectivity index (χ4v) is 1.42. The van der Waals surface area contributed by atoms with Crippen LogP contribution in [0, 0.1) is 5.82 Å². The number of carbonyl (C=O) groups is 1. The number of benzene rings is 1. The molecule has 0 aliphatic rings. The quantitative estimate of drug-likeness (QED) is 0.867. The Labute approximate surface area is 96.5 Å². The zero-order valence-corrected chi connectivity index (χ0v) is 9.16. The standard InChI is InChI=1S/C11H12F3NO2/c1-15(6-10(13)14)5-8-4-7(11(16)17)2-3-9(8)12/h2-4,10H,5-6H2,1H3,(H,16,17). The molecule has 0 atom stereocenters. The molecule has 0 saturated carbocycles. The van der Waals surface area contributed by atoms with Gasteiger partial charge in [0.05, 0.1) is 12.1 Å². The number of halogens is 3. The Morgan fingerprint density at radius 1 is 1.47 bits per heavy atom. The average molecular weight is 247 g/mol. The number of alkyl halides is 2. The van der Waals surface area contributed by atoms with Crippen molar-refractivity contribution >= 4 is 5.97 Å². The molecule has 1 aromatic carbocycles. The topological polar surface area (TPSA) is 40.5 Å². The van der Waals surface area contributed by atoms with E-state index in [-0.39, 0.29) is 17.7 Å². The van der Waals surface area contributed by atoms with Crippen LogP contribution in [-0.4, -0.2) is 36.0 Å². The minimum atomic E-state index is -2.51. The van der Waals surface area contributed by atoms with Gasteiger partial charge in [0, 0.05) is 12.1 Å². The van der Waals surface area contributed by atoms with Crippen molar-refractivity contribution in [1.82, 2.24) is 4.90 Å². The van der Waals surface area contributed by atoms with Crippen molar-refractivity contribution in [2.75, 3.05) is 13.6 Å². The van der Waals surface area contributed by atoms with Crippen LogP contribution in [-0.2, 0) is 6.54 Å². The van der Waals surface area contributed by atoms with E-state index in [9.17, 15) is 18.0 Å². The molecule has 1 rings (SSSR count). The summed E-state index contributed by atoms with van der Waals surface area (Å²) in [4.78, 5) is 11.9. The van der Waals surface area contributed by atoms with Gasteiger partial charge in [0.15, 0.2) is 0 Å². The molecule has 0 aromatic heterocycles. The summed E-state index contributed by atoms with van der Waals surface area (Å²) in [7, 11) is 1.42. The lowest BCUT2D eigenvalue weighted by Gasteiger charge is -2.16. The van der Waals surface area contributed by atoms with Crippen LogP contribution in [0.5, 0.6) is 0 Å². The van der Waals surface area contributed by atoms with Crippen molar-refractivity contribution in [3.8, 4) is 0 Å². The molecular formula is C11H12F3NO2. The van der Waals surface area contributed by atoms with Gasteiger partial charge in [-0.2, -0.15) is 0 Å². The third kappa shape index (κ3) is 4.07. The highest BCUT2D eigenvalue weighted by Crippen LogP contribution is 2.13. The summed E-state index contributed by atoms with van der Waals surface area (Å²) in [6.07, 6.45) is -2.51. The first-order valence-electron chi connectivity index (χ1n) is 4.88. The summed E-state index contributed by atoms with van der Waals surface area (Å²) in [5.41, 5.74) is 0.0277. The van der Waals surface area contributed by atoms with Crippen LogP contribution in [0.15, 0.2) is 18.2 Å². The molecule has 1 N–H and O–H groups in total. The number of carboxylic acids is 1. The Balaban J connectivity index is 2.82. The van der Waals surface area contributed by atoms with Gasteiger partial charge in [0.25, 0.3) is 6.43 Å². The summed E-state index contributed by atoms with van der Waals surface area (Å²) in [5.74, 6) is -1.78. The van der Waals surface area contributed by atoms with Crippen LogP contribution in [0.4, 0.5) is 13.2 Å². The van der Waals surface area contributed by atoms with Crippen molar-refractivity contribution in [2.45, 2.75) is 13.0 Å². The molecule has 0 unspecified atom stereocenters. The van der Waals surface area contributed by atoms with Crippen LogP contribution in [0.2, 0.25) is 0 Å². The molecule has 1 aromatic rings. The molecule has 0 amide bonds. The lowest BCUT2D eigenvalue weighted by Crippen LogP contribution is -2.24. The van der Waals surface area contributed by atoms with Gasteiger partial charge < -0.3 is 5.11 Å². The minimum absolute atomic E-state index is 0.0582. The molecule has 94 valence electrons. The zero-order valence-electron chi connectivity index (χ0n) is 9.16. The van der Waals surface area contributed by atoms with Gasteiger partial charge in [-0.05, 0) is 25.2 Å². The SMILES string of the molecule is CN(Cc1cc(C(=O)O)ccc1F)CC(F)F. The molecule has 0 fully saturated rings. The number of nitrogens with zero attached hydrogens (tertiary/aromatic N) is 1. The number of hydrogen-bond acceptors (Lipinski definition) is 2. The van der Waals surface area contributed by atoms with Crippen molar-refractivity contribution in [1.29, 1.82) is 0 Å². The van der Waals surface area contributed by atoms with Crippen molar-refractivity contribution in [3.05, 3.63) is 35.1 Å². The minimum Gasteiger partial charge on any atom is -0.478 e. The van der Waals surface area contributed by atoms with Crippen LogP contribution >= 0.6 is 0 Å². The van der Waals surface area contributed by atoms with E-state index in [4.69, 9.17) is 5.11 Å². The fourth-order valence-electron chi connectivity index (χ4n) is 1.42. The van der Waals surface area contributed by atoms with Crippen LogP contribution in [0.25, 0.3) is 0 Å². The smallest absolute Gasteiger partial charge is 0.335 e. The van der Waals surface area contributed by atoms with Gasteiger partial charge in [0.2, 0.25) is 0 Å². The number of hydrogen-bond donors (Lipinski definition) is 1. The Hall–Kier alpha value is -1.56. The van der Waals surface area contributed by atoms with Crippen LogP contribution in [0.3, 0.4) is 0 Å². The number of aromatic carboxylic acids is 1. The van der Waals surface area contributed by atoms with Crippen LogP contribution < -0.4 is 0 Å². The lowest BCUT2D eigenvalue weighted by atomic mass is 10.1. The molecule has 3 nitrogen and oxygen atoms in total. The normalized spacial score (nSPS) is 11.2. The Bertz CT molecular complexity index is 410. The van der Waals surface area contributed by atoms with Gasteiger partial charge >= 0.3 is 5.97 Å². The second-order valence-corrected chi connectivity index (χ2v) is 3.70. The highest BCUT2D eigenvalue weighted by molar-refractivity contribution is 5.87. The van der Waals surface area contributed by atoms with E-state index in [0.717, 1.165) is 18.2 Å². The Morgan fingerprint density at radius 3 is 2.65 bits per heavy atom. The first-order chi connectivity index (χ1) is 7.90. The Morgan fingerprint density at radius 2 is 2.12 bits per heavy atom. The molecular weight excluding hydrogens is 235 g/mol. The average Bonchev–Trinajstić information content (AvgIpc) is 2.19. The number of rotatable bonds is 5. The molecule has 6 heteroatoms. The van der Waals surface area contributed by atoms with Crippen LogP contribution in [0.1, 0.15) is 15.9 Å². The van der Waals surface area contributed by atoms with Gasteiger partial charge in [0.1, 0.15) is 5.82 Å². The second kappa shape index (κ2) is 5.67. The summed E-state index contributed by atoms with van der Waals surface area (Å²) >= 11 is 0. The fraction of sp³-hybridized carbons (Fsp3) is 0.364. The van der Waals surface area contributed by atoms with Gasteiger partial charge in [-0.25, -0.2) is 18.0 Å². The van der Waals surface area contributed by atoms with E-state index in [0.29, 0.717) is 0 Å². The third-order valence-corrected chi connectivity index (χ3v) is 2.18. The van der Waals surface area contributed by atoms with Crippen molar-refractivity contribution in [2.24, 2.45) is 0 Å². The van der Waals surface area contributed by atoms with E-state index in [2.05, 4.69) is 0 Å². The van der Waals surface area contributed by atoms with E-state index >= 15 is 0 Å². The van der Waals surface area contributed by atoms with Crippen molar-refractivity contribution < 1.29 is 23.1 Å². The molecule has 0 bridgehead atoms. The van der Waals surface area contributed by atoms with Gasteiger partial charge in [-0.15, -0.1) is 0 Å². The first kappa shape index (κ1) is 13.5. The summed E-state index contributed by atoms with van der Waals surface area (Å²) < 4.78 is 37.5. The highest BCUT2D eigenvalue weighted by atomic mass is 19.3. The lowest BCUT2D eigenvalue weighted by molar-refractivity contribution is 0.0695. The Kier molecular flexibility index (Phi) is 4.51. The predicted molar refractivity (Wildman–Crippen MR) is 55.7 cm³/mol. The van der Waals surface area contributed by atoms with E-state index < -0.39 is 24.8 Å². The third-order valence-electron chi connectivity index (χ3n) is 2.18. The monoisotopic (exact) mass is 247 g/mol. The maximum absolute atomic E-state index is 13.3. The zero-order chi connectivity index (χ0) is 13.0. The first-order valence-corrected chi connectivity index (χ1v) is 4.88. The molecule has 0 aliphatic carbocycles. The maximum atomic E-state index is 13.3. The molecule has 0 saturated heterocycles. The largest absolute Gasteiger partial charge is 0.478 e. The summed E-state index contributed by atoms with van der Waals surface area (Å²) in [6.45, 7) is -0.548. The molecule has 0 spiro atoms. The van der Waals surface area contributed by atoms with E-state index in [1.165, 1.54) is 11.9 Å². The summed E-state index contributed by atoms with van der Waals surface area (Å²) in [6, 6.07) is 3.31. The number of carboxylic acid groups (broad SMARTS) is 1. The molecule has 0 radical (unpaired) electrons. The molecule has 0 heterocycles.